The van der Waals surface area contributed by atoms with Crippen molar-refractivity contribution in [3.8, 4) is 0 Å². The lowest BCUT2D eigenvalue weighted by molar-refractivity contribution is -0.125. The summed E-state index contributed by atoms with van der Waals surface area (Å²) in [7, 11) is 0. The fourth-order valence-corrected chi connectivity index (χ4v) is 2.40. The van der Waals surface area contributed by atoms with E-state index >= 15 is 0 Å². The molecule has 1 saturated carbocycles. The van der Waals surface area contributed by atoms with E-state index in [9.17, 15) is 4.79 Å². The molecular weight excluding hydrogens is 242 g/mol. The summed E-state index contributed by atoms with van der Waals surface area (Å²) >= 11 is 0. The van der Waals surface area contributed by atoms with Crippen molar-refractivity contribution in [1.82, 2.24) is 15.5 Å². The van der Waals surface area contributed by atoms with Crippen LogP contribution in [0.15, 0.2) is 4.42 Å². The normalized spacial score (nSPS) is 16.8. The maximum Gasteiger partial charge on any atom is 0.223 e. The molecule has 1 amide bonds. The van der Waals surface area contributed by atoms with Gasteiger partial charge in [-0.05, 0) is 12.8 Å². The summed E-state index contributed by atoms with van der Waals surface area (Å²) in [5.41, 5.74) is 0. The molecule has 0 atom stereocenters. The van der Waals surface area contributed by atoms with Gasteiger partial charge in [-0.1, -0.05) is 33.1 Å². The molecule has 0 aromatic carbocycles. The Labute approximate surface area is 114 Å². The Morgan fingerprint density at radius 3 is 2.68 bits per heavy atom. The number of carbonyl (C=O) groups is 1. The first-order chi connectivity index (χ1) is 9.16. The predicted octanol–water partition coefficient (Wildman–Crippen LogP) is 2.43. The summed E-state index contributed by atoms with van der Waals surface area (Å²) in [4.78, 5) is 11.9. The number of carbonyl (C=O) groups excluding carboxylic acids is 1. The zero-order chi connectivity index (χ0) is 13.7. The standard InChI is InChI=1S/C14H23N3O2/c1-10(2)14-17-16-12(19-14)8-9-15-13(18)11-6-4-3-5-7-11/h10-11H,3-9H2,1-2H3,(H,15,18). The molecule has 1 fully saturated rings. The van der Waals surface area contributed by atoms with Gasteiger partial charge in [-0.2, -0.15) is 0 Å². The number of aromatic nitrogens is 2. The van der Waals surface area contributed by atoms with Crippen LogP contribution in [0.3, 0.4) is 0 Å². The van der Waals surface area contributed by atoms with Crippen molar-refractivity contribution in [2.45, 2.75) is 58.3 Å². The van der Waals surface area contributed by atoms with Crippen molar-refractivity contribution < 1.29 is 9.21 Å². The lowest BCUT2D eigenvalue weighted by Crippen LogP contribution is -2.33. The van der Waals surface area contributed by atoms with Crippen molar-refractivity contribution in [3.05, 3.63) is 11.8 Å². The third kappa shape index (κ3) is 4.04. The van der Waals surface area contributed by atoms with E-state index in [0.29, 0.717) is 24.7 Å². The summed E-state index contributed by atoms with van der Waals surface area (Å²) in [6.07, 6.45) is 6.30. The van der Waals surface area contributed by atoms with Crippen molar-refractivity contribution in [2.24, 2.45) is 5.92 Å². The molecule has 1 aliphatic carbocycles. The highest BCUT2D eigenvalue weighted by Gasteiger charge is 2.20. The molecule has 0 spiro atoms. The van der Waals surface area contributed by atoms with E-state index in [1.807, 2.05) is 13.8 Å². The smallest absolute Gasteiger partial charge is 0.223 e. The first-order valence-electron chi connectivity index (χ1n) is 7.27. The second-order valence-corrected chi connectivity index (χ2v) is 5.56. The van der Waals surface area contributed by atoms with Gasteiger partial charge in [-0.3, -0.25) is 4.79 Å². The van der Waals surface area contributed by atoms with Gasteiger partial charge in [-0.25, -0.2) is 0 Å². The fourth-order valence-electron chi connectivity index (χ4n) is 2.40. The Bertz CT molecular complexity index is 409. The van der Waals surface area contributed by atoms with Crippen molar-refractivity contribution in [1.29, 1.82) is 0 Å². The average Bonchev–Trinajstić information content (AvgIpc) is 2.89. The van der Waals surface area contributed by atoms with Crippen LogP contribution in [0.5, 0.6) is 0 Å². The van der Waals surface area contributed by atoms with E-state index < -0.39 is 0 Å². The minimum Gasteiger partial charge on any atom is -0.425 e. The number of hydrogen-bond donors (Lipinski definition) is 1. The largest absolute Gasteiger partial charge is 0.425 e. The monoisotopic (exact) mass is 265 g/mol. The number of nitrogens with zero attached hydrogens (tertiary/aromatic N) is 2. The van der Waals surface area contributed by atoms with E-state index in [1.54, 1.807) is 0 Å². The first-order valence-corrected chi connectivity index (χ1v) is 7.27. The highest BCUT2D eigenvalue weighted by molar-refractivity contribution is 5.78. The molecule has 106 valence electrons. The Balaban J connectivity index is 1.71. The molecule has 1 aromatic rings. The minimum absolute atomic E-state index is 0.184. The maximum absolute atomic E-state index is 11.9. The van der Waals surface area contributed by atoms with Crippen LogP contribution >= 0.6 is 0 Å². The predicted molar refractivity (Wildman–Crippen MR) is 71.7 cm³/mol. The van der Waals surface area contributed by atoms with Gasteiger partial charge in [0.15, 0.2) is 0 Å². The lowest BCUT2D eigenvalue weighted by atomic mass is 9.89. The van der Waals surface area contributed by atoms with Gasteiger partial charge in [0, 0.05) is 24.8 Å². The van der Waals surface area contributed by atoms with Gasteiger partial charge >= 0.3 is 0 Å². The summed E-state index contributed by atoms with van der Waals surface area (Å²) < 4.78 is 5.50. The van der Waals surface area contributed by atoms with Gasteiger partial charge in [-0.15, -0.1) is 10.2 Å². The third-order valence-electron chi connectivity index (χ3n) is 3.59. The SMILES string of the molecule is CC(C)c1nnc(CCNC(=O)C2CCCCC2)o1. The Morgan fingerprint density at radius 2 is 2.05 bits per heavy atom. The average molecular weight is 265 g/mol. The Kier molecular flexibility index (Phi) is 4.93. The van der Waals surface area contributed by atoms with Crippen molar-refractivity contribution in [2.75, 3.05) is 6.54 Å². The minimum atomic E-state index is 0.184. The number of hydrogen-bond acceptors (Lipinski definition) is 4. The van der Waals surface area contributed by atoms with Crippen molar-refractivity contribution >= 4 is 5.91 Å². The first kappa shape index (κ1) is 14.0. The molecule has 5 heteroatoms. The van der Waals surface area contributed by atoms with Gasteiger partial charge in [0.2, 0.25) is 17.7 Å². The van der Waals surface area contributed by atoms with Crippen LogP contribution in [0.25, 0.3) is 0 Å². The molecule has 0 bridgehead atoms. The fraction of sp³-hybridized carbons (Fsp3) is 0.786. The number of nitrogens with one attached hydrogen (secondary N) is 1. The van der Waals surface area contributed by atoms with Crippen LogP contribution < -0.4 is 5.32 Å². The Hall–Kier alpha value is -1.39. The molecule has 0 radical (unpaired) electrons. The van der Waals surface area contributed by atoms with Crippen LogP contribution in [-0.4, -0.2) is 22.6 Å². The quantitative estimate of drug-likeness (QED) is 0.887. The highest BCUT2D eigenvalue weighted by Crippen LogP contribution is 2.23. The van der Waals surface area contributed by atoms with Crippen LogP contribution in [0.4, 0.5) is 0 Å². The van der Waals surface area contributed by atoms with E-state index in [4.69, 9.17) is 4.42 Å². The second-order valence-electron chi connectivity index (χ2n) is 5.56. The molecule has 5 nitrogen and oxygen atoms in total. The summed E-state index contributed by atoms with van der Waals surface area (Å²) in [6, 6.07) is 0. The molecular formula is C14H23N3O2. The number of amides is 1. The van der Waals surface area contributed by atoms with E-state index in [0.717, 1.165) is 12.8 Å². The molecule has 0 unspecified atom stereocenters. The van der Waals surface area contributed by atoms with Crippen LogP contribution in [0.1, 0.15) is 63.7 Å². The molecule has 0 saturated heterocycles. The maximum atomic E-state index is 11.9. The van der Waals surface area contributed by atoms with Gasteiger partial charge in [0.25, 0.3) is 0 Å². The van der Waals surface area contributed by atoms with Crippen LogP contribution in [0.2, 0.25) is 0 Å². The van der Waals surface area contributed by atoms with Gasteiger partial charge < -0.3 is 9.73 Å². The zero-order valence-corrected chi connectivity index (χ0v) is 11.8. The topological polar surface area (TPSA) is 68.0 Å². The lowest BCUT2D eigenvalue weighted by Gasteiger charge is -2.20. The van der Waals surface area contributed by atoms with E-state index in [-0.39, 0.29) is 17.7 Å². The summed E-state index contributed by atoms with van der Waals surface area (Å²) in [5.74, 6) is 1.91. The van der Waals surface area contributed by atoms with E-state index in [2.05, 4.69) is 15.5 Å². The number of rotatable bonds is 5. The zero-order valence-electron chi connectivity index (χ0n) is 11.8. The second kappa shape index (κ2) is 6.68. The molecule has 1 aromatic heterocycles. The summed E-state index contributed by atoms with van der Waals surface area (Å²) in [6.45, 7) is 4.61. The van der Waals surface area contributed by atoms with Crippen LogP contribution in [-0.2, 0) is 11.2 Å². The van der Waals surface area contributed by atoms with Gasteiger partial charge in [0.05, 0.1) is 0 Å². The van der Waals surface area contributed by atoms with Crippen LogP contribution in [0, 0.1) is 5.92 Å². The molecule has 2 rings (SSSR count). The van der Waals surface area contributed by atoms with Gasteiger partial charge in [0.1, 0.15) is 0 Å². The molecule has 1 aliphatic rings. The highest BCUT2D eigenvalue weighted by atomic mass is 16.4. The molecule has 19 heavy (non-hydrogen) atoms. The van der Waals surface area contributed by atoms with Crippen molar-refractivity contribution in [3.63, 3.8) is 0 Å². The summed E-state index contributed by atoms with van der Waals surface area (Å²) in [5, 5.41) is 10.9. The van der Waals surface area contributed by atoms with E-state index in [1.165, 1.54) is 19.3 Å². The Morgan fingerprint density at radius 1 is 1.32 bits per heavy atom. The molecule has 0 aliphatic heterocycles. The molecule has 1 heterocycles. The molecule has 1 N–H and O–H groups in total. The third-order valence-corrected chi connectivity index (χ3v) is 3.59.